The predicted octanol–water partition coefficient (Wildman–Crippen LogP) is 2.39. The Balaban J connectivity index is 1.70. The van der Waals surface area contributed by atoms with Crippen molar-refractivity contribution in [2.45, 2.75) is 25.7 Å². The lowest BCUT2D eigenvalue weighted by Crippen LogP contribution is -2.28. The minimum atomic E-state index is 0.765. The minimum absolute atomic E-state index is 0.765. The van der Waals surface area contributed by atoms with Gasteiger partial charge in [0.15, 0.2) is 11.5 Å². The lowest BCUT2D eigenvalue weighted by Gasteiger charge is -2.22. The summed E-state index contributed by atoms with van der Waals surface area (Å²) in [6.45, 7) is 3.86. The van der Waals surface area contributed by atoms with Gasteiger partial charge in [0.1, 0.15) is 0 Å². The summed E-state index contributed by atoms with van der Waals surface area (Å²) < 4.78 is 11.4. The van der Waals surface area contributed by atoms with Crippen LogP contribution >= 0.6 is 0 Å². The van der Waals surface area contributed by atoms with E-state index in [4.69, 9.17) is 9.47 Å². The SMILES string of the molecule is c1cc2c(cc1CC1CCNCC1)OCCCO2. The molecule has 1 aromatic rings. The van der Waals surface area contributed by atoms with Gasteiger partial charge < -0.3 is 14.8 Å². The van der Waals surface area contributed by atoms with E-state index in [9.17, 15) is 0 Å². The Kier molecular flexibility index (Phi) is 3.69. The number of fused-ring (bicyclic) bond motifs is 1. The third-order valence-electron chi connectivity index (χ3n) is 3.80. The van der Waals surface area contributed by atoms with E-state index in [-0.39, 0.29) is 0 Å². The normalized spacial score (nSPS) is 20.4. The minimum Gasteiger partial charge on any atom is -0.490 e. The molecule has 0 bridgehead atoms. The zero-order valence-electron chi connectivity index (χ0n) is 10.8. The third-order valence-corrected chi connectivity index (χ3v) is 3.80. The fourth-order valence-electron chi connectivity index (χ4n) is 2.75. The standard InChI is InChI=1S/C15H21NO2/c1-8-17-14-3-2-13(11-15(14)18-9-1)10-12-4-6-16-7-5-12/h2-3,11-12,16H,1,4-10H2. The highest BCUT2D eigenvalue weighted by Crippen LogP contribution is 2.31. The Morgan fingerprint density at radius 2 is 1.83 bits per heavy atom. The molecule has 0 radical (unpaired) electrons. The van der Waals surface area contributed by atoms with Crippen molar-refractivity contribution in [1.82, 2.24) is 5.32 Å². The monoisotopic (exact) mass is 247 g/mol. The number of rotatable bonds is 2. The average molecular weight is 247 g/mol. The maximum Gasteiger partial charge on any atom is 0.161 e. The number of hydrogen-bond acceptors (Lipinski definition) is 3. The summed E-state index contributed by atoms with van der Waals surface area (Å²) >= 11 is 0. The van der Waals surface area contributed by atoms with Crippen LogP contribution in [0.15, 0.2) is 18.2 Å². The first kappa shape index (κ1) is 11.8. The number of nitrogens with one attached hydrogen (secondary N) is 1. The second-order valence-electron chi connectivity index (χ2n) is 5.23. The van der Waals surface area contributed by atoms with Crippen LogP contribution in [0, 0.1) is 5.92 Å². The highest BCUT2D eigenvalue weighted by molar-refractivity contribution is 5.43. The molecule has 0 amide bonds. The van der Waals surface area contributed by atoms with E-state index < -0.39 is 0 Å². The Bertz CT molecular complexity index is 399. The molecule has 0 aromatic heterocycles. The maximum absolute atomic E-state index is 5.74. The lowest BCUT2D eigenvalue weighted by atomic mass is 9.91. The fraction of sp³-hybridized carbons (Fsp3) is 0.600. The number of benzene rings is 1. The fourth-order valence-corrected chi connectivity index (χ4v) is 2.75. The first-order chi connectivity index (χ1) is 8.92. The average Bonchev–Trinajstić information content (AvgIpc) is 2.64. The van der Waals surface area contributed by atoms with Gasteiger partial charge >= 0.3 is 0 Å². The summed E-state index contributed by atoms with van der Waals surface area (Å²) in [5.41, 5.74) is 1.38. The Morgan fingerprint density at radius 1 is 1.06 bits per heavy atom. The van der Waals surface area contributed by atoms with Gasteiger partial charge in [-0.2, -0.15) is 0 Å². The van der Waals surface area contributed by atoms with Gasteiger partial charge in [-0.25, -0.2) is 0 Å². The van der Waals surface area contributed by atoms with Crippen LogP contribution in [0.1, 0.15) is 24.8 Å². The number of ether oxygens (including phenoxy) is 2. The van der Waals surface area contributed by atoms with Crippen molar-refractivity contribution in [3.63, 3.8) is 0 Å². The molecule has 2 heterocycles. The molecule has 2 aliphatic heterocycles. The van der Waals surface area contributed by atoms with Crippen LogP contribution < -0.4 is 14.8 Å². The highest BCUT2D eigenvalue weighted by atomic mass is 16.5. The van der Waals surface area contributed by atoms with Crippen molar-refractivity contribution in [3.05, 3.63) is 23.8 Å². The summed E-state index contributed by atoms with van der Waals surface area (Å²) in [4.78, 5) is 0. The molecule has 1 saturated heterocycles. The number of hydrogen-bond donors (Lipinski definition) is 1. The number of piperidine rings is 1. The van der Waals surface area contributed by atoms with Gasteiger partial charge in [-0.3, -0.25) is 0 Å². The van der Waals surface area contributed by atoms with E-state index in [1.54, 1.807) is 0 Å². The molecule has 3 rings (SSSR count). The van der Waals surface area contributed by atoms with E-state index in [0.29, 0.717) is 0 Å². The molecule has 1 fully saturated rings. The Morgan fingerprint density at radius 3 is 2.67 bits per heavy atom. The van der Waals surface area contributed by atoms with Crippen molar-refractivity contribution >= 4 is 0 Å². The molecule has 0 unspecified atom stereocenters. The summed E-state index contributed by atoms with van der Waals surface area (Å²) in [5.74, 6) is 2.65. The summed E-state index contributed by atoms with van der Waals surface area (Å²) in [5, 5.41) is 3.41. The van der Waals surface area contributed by atoms with Gasteiger partial charge in [0.25, 0.3) is 0 Å². The molecule has 1 N–H and O–H groups in total. The van der Waals surface area contributed by atoms with E-state index in [0.717, 1.165) is 50.1 Å². The summed E-state index contributed by atoms with van der Waals surface area (Å²) in [6.07, 6.45) is 4.71. The lowest BCUT2D eigenvalue weighted by molar-refractivity contribution is 0.297. The molecular formula is C15H21NO2. The summed E-state index contributed by atoms with van der Waals surface area (Å²) in [7, 11) is 0. The van der Waals surface area contributed by atoms with Crippen molar-refractivity contribution in [2.75, 3.05) is 26.3 Å². The molecule has 1 aromatic carbocycles. The second kappa shape index (κ2) is 5.61. The van der Waals surface area contributed by atoms with Crippen LogP contribution in [0.25, 0.3) is 0 Å². The zero-order valence-corrected chi connectivity index (χ0v) is 10.8. The summed E-state index contributed by atoms with van der Waals surface area (Å²) in [6, 6.07) is 6.43. The zero-order chi connectivity index (χ0) is 12.2. The van der Waals surface area contributed by atoms with Crippen LogP contribution in [0.4, 0.5) is 0 Å². The van der Waals surface area contributed by atoms with Gasteiger partial charge in [0.2, 0.25) is 0 Å². The van der Waals surface area contributed by atoms with Gasteiger partial charge in [-0.1, -0.05) is 6.07 Å². The molecule has 0 atom stereocenters. The van der Waals surface area contributed by atoms with Gasteiger partial charge in [-0.15, -0.1) is 0 Å². The predicted molar refractivity (Wildman–Crippen MR) is 71.3 cm³/mol. The van der Waals surface area contributed by atoms with Crippen LogP contribution in [-0.2, 0) is 6.42 Å². The maximum atomic E-state index is 5.74. The molecule has 0 aliphatic carbocycles. The molecule has 98 valence electrons. The van der Waals surface area contributed by atoms with Crippen molar-refractivity contribution in [3.8, 4) is 11.5 Å². The molecule has 18 heavy (non-hydrogen) atoms. The van der Waals surface area contributed by atoms with E-state index in [2.05, 4.69) is 23.5 Å². The molecular weight excluding hydrogens is 226 g/mol. The van der Waals surface area contributed by atoms with Crippen molar-refractivity contribution in [2.24, 2.45) is 5.92 Å². The second-order valence-corrected chi connectivity index (χ2v) is 5.23. The Labute approximate surface area is 108 Å². The van der Waals surface area contributed by atoms with Gasteiger partial charge in [0, 0.05) is 6.42 Å². The topological polar surface area (TPSA) is 30.5 Å². The van der Waals surface area contributed by atoms with Crippen molar-refractivity contribution < 1.29 is 9.47 Å². The molecule has 3 nitrogen and oxygen atoms in total. The molecule has 0 saturated carbocycles. The highest BCUT2D eigenvalue weighted by Gasteiger charge is 2.16. The molecule has 2 aliphatic rings. The largest absolute Gasteiger partial charge is 0.490 e. The van der Waals surface area contributed by atoms with E-state index in [1.165, 1.54) is 24.8 Å². The van der Waals surface area contributed by atoms with Crippen LogP contribution in [-0.4, -0.2) is 26.3 Å². The smallest absolute Gasteiger partial charge is 0.161 e. The third kappa shape index (κ3) is 2.78. The first-order valence-electron chi connectivity index (χ1n) is 7.01. The van der Waals surface area contributed by atoms with E-state index >= 15 is 0 Å². The van der Waals surface area contributed by atoms with Gasteiger partial charge in [0.05, 0.1) is 13.2 Å². The van der Waals surface area contributed by atoms with Crippen LogP contribution in [0.3, 0.4) is 0 Å². The van der Waals surface area contributed by atoms with Crippen LogP contribution in [0.2, 0.25) is 0 Å². The van der Waals surface area contributed by atoms with Gasteiger partial charge in [-0.05, 0) is 56.0 Å². The van der Waals surface area contributed by atoms with E-state index in [1.807, 2.05) is 0 Å². The first-order valence-corrected chi connectivity index (χ1v) is 7.01. The van der Waals surface area contributed by atoms with Crippen molar-refractivity contribution in [1.29, 1.82) is 0 Å². The Hall–Kier alpha value is -1.22. The molecule has 3 heteroatoms. The molecule has 0 spiro atoms. The van der Waals surface area contributed by atoms with Crippen LogP contribution in [0.5, 0.6) is 11.5 Å². The quantitative estimate of drug-likeness (QED) is 0.870.